The molecule has 164 valence electrons. The molecule has 0 aromatic heterocycles. The van der Waals surface area contributed by atoms with Crippen molar-refractivity contribution in [3.63, 3.8) is 0 Å². The third kappa shape index (κ3) is 6.82. The van der Waals surface area contributed by atoms with Crippen LogP contribution in [0.2, 0.25) is 0 Å². The zero-order valence-electron chi connectivity index (χ0n) is 18.3. The molecule has 0 saturated heterocycles. The molecule has 0 bridgehead atoms. The SMILES string of the molecule is CCCCCCCCOc1ccc(-c2ccc(C3CCC(C(F)F)CC3)cc2)cc1. The quantitative estimate of drug-likeness (QED) is 0.334. The summed E-state index contributed by atoms with van der Waals surface area (Å²) in [4.78, 5) is 0. The molecule has 2 aromatic rings. The van der Waals surface area contributed by atoms with E-state index >= 15 is 0 Å². The van der Waals surface area contributed by atoms with Gasteiger partial charge < -0.3 is 4.74 Å². The lowest BCUT2D eigenvalue weighted by atomic mass is 9.78. The highest BCUT2D eigenvalue weighted by Crippen LogP contribution is 2.38. The van der Waals surface area contributed by atoms with Gasteiger partial charge >= 0.3 is 0 Å². The summed E-state index contributed by atoms with van der Waals surface area (Å²) >= 11 is 0. The van der Waals surface area contributed by atoms with Gasteiger partial charge in [-0.3, -0.25) is 0 Å². The number of hydrogen-bond donors (Lipinski definition) is 0. The molecule has 0 amide bonds. The first-order chi connectivity index (χ1) is 14.7. The van der Waals surface area contributed by atoms with Gasteiger partial charge in [0.2, 0.25) is 6.43 Å². The van der Waals surface area contributed by atoms with Crippen molar-refractivity contribution in [3.8, 4) is 16.9 Å². The molecule has 0 spiro atoms. The molecule has 1 aliphatic rings. The minimum absolute atomic E-state index is 0.401. The summed E-state index contributed by atoms with van der Waals surface area (Å²) in [6.45, 7) is 3.03. The van der Waals surface area contributed by atoms with Crippen LogP contribution in [-0.2, 0) is 0 Å². The molecule has 1 nitrogen and oxygen atoms in total. The third-order valence-electron chi connectivity index (χ3n) is 6.46. The summed E-state index contributed by atoms with van der Waals surface area (Å²) in [6, 6.07) is 17.0. The highest BCUT2D eigenvalue weighted by atomic mass is 19.3. The predicted molar refractivity (Wildman–Crippen MR) is 121 cm³/mol. The first-order valence-corrected chi connectivity index (χ1v) is 11.8. The zero-order valence-corrected chi connectivity index (χ0v) is 18.3. The van der Waals surface area contributed by atoms with Crippen LogP contribution < -0.4 is 4.74 Å². The van der Waals surface area contributed by atoms with Crippen LogP contribution in [0, 0.1) is 5.92 Å². The van der Waals surface area contributed by atoms with Crippen LogP contribution in [0.25, 0.3) is 11.1 Å². The summed E-state index contributed by atoms with van der Waals surface area (Å²) in [5.74, 6) is 0.953. The second-order valence-corrected chi connectivity index (χ2v) is 8.71. The lowest BCUT2D eigenvalue weighted by Gasteiger charge is -2.28. The van der Waals surface area contributed by atoms with E-state index in [1.165, 1.54) is 48.8 Å². The van der Waals surface area contributed by atoms with Crippen LogP contribution in [-0.4, -0.2) is 13.0 Å². The van der Waals surface area contributed by atoms with E-state index in [1.54, 1.807) is 0 Å². The molecule has 0 aliphatic heterocycles. The molecule has 0 atom stereocenters. The van der Waals surface area contributed by atoms with Crippen molar-refractivity contribution in [2.24, 2.45) is 5.92 Å². The van der Waals surface area contributed by atoms with Crippen molar-refractivity contribution in [2.75, 3.05) is 6.61 Å². The molecule has 0 N–H and O–H groups in total. The Labute approximate surface area is 180 Å². The average Bonchev–Trinajstić information content (AvgIpc) is 2.79. The Kier molecular flexibility index (Phi) is 9.17. The van der Waals surface area contributed by atoms with Crippen molar-refractivity contribution in [1.29, 1.82) is 0 Å². The molecule has 30 heavy (non-hydrogen) atoms. The van der Waals surface area contributed by atoms with Gasteiger partial charge in [0.05, 0.1) is 6.61 Å². The molecule has 0 radical (unpaired) electrons. The summed E-state index contributed by atoms with van der Waals surface area (Å²) in [6.07, 6.45) is 8.50. The monoisotopic (exact) mass is 414 g/mol. The predicted octanol–water partition coefficient (Wildman–Crippen LogP) is 8.63. The molecule has 1 aliphatic carbocycles. The average molecular weight is 415 g/mol. The second kappa shape index (κ2) is 12.1. The second-order valence-electron chi connectivity index (χ2n) is 8.71. The van der Waals surface area contributed by atoms with E-state index in [1.807, 2.05) is 12.1 Å². The zero-order chi connectivity index (χ0) is 21.2. The van der Waals surface area contributed by atoms with Crippen LogP contribution in [0.15, 0.2) is 48.5 Å². The van der Waals surface area contributed by atoms with Crippen molar-refractivity contribution in [2.45, 2.75) is 83.5 Å². The maximum Gasteiger partial charge on any atom is 0.241 e. The van der Waals surface area contributed by atoms with Gasteiger partial charge in [0.15, 0.2) is 0 Å². The van der Waals surface area contributed by atoms with Crippen LogP contribution in [0.5, 0.6) is 5.75 Å². The van der Waals surface area contributed by atoms with Crippen LogP contribution in [0.3, 0.4) is 0 Å². The minimum Gasteiger partial charge on any atom is -0.494 e. The summed E-state index contributed by atoms with van der Waals surface area (Å²) in [7, 11) is 0. The van der Waals surface area contributed by atoms with Gasteiger partial charge in [0.1, 0.15) is 5.75 Å². The van der Waals surface area contributed by atoms with E-state index in [2.05, 4.69) is 43.3 Å². The maximum absolute atomic E-state index is 12.9. The van der Waals surface area contributed by atoms with E-state index in [0.29, 0.717) is 18.8 Å². The number of hydrogen-bond acceptors (Lipinski definition) is 1. The topological polar surface area (TPSA) is 9.23 Å². The molecular weight excluding hydrogens is 378 g/mol. The summed E-state index contributed by atoms with van der Waals surface area (Å²) in [5.41, 5.74) is 3.64. The van der Waals surface area contributed by atoms with Crippen molar-refractivity contribution in [1.82, 2.24) is 0 Å². The number of halogens is 2. The molecule has 0 unspecified atom stereocenters. The molecule has 1 fully saturated rings. The fourth-order valence-electron chi connectivity index (χ4n) is 4.47. The highest BCUT2D eigenvalue weighted by Gasteiger charge is 2.27. The van der Waals surface area contributed by atoms with Crippen LogP contribution in [0.4, 0.5) is 8.78 Å². The van der Waals surface area contributed by atoms with Crippen molar-refractivity contribution in [3.05, 3.63) is 54.1 Å². The summed E-state index contributed by atoms with van der Waals surface area (Å²) in [5, 5.41) is 0. The molecule has 2 aromatic carbocycles. The largest absolute Gasteiger partial charge is 0.494 e. The fourth-order valence-corrected chi connectivity index (χ4v) is 4.47. The van der Waals surface area contributed by atoms with Gasteiger partial charge in [-0.1, -0.05) is 75.4 Å². The summed E-state index contributed by atoms with van der Waals surface area (Å²) < 4.78 is 31.6. The van der Waals surface area contributed by atoms with Crippen molar-refractivity contribution < 1.29 is 13.5 Å². The van der Waals surface area contributed by atoms with E-state index in [9.17, 15) is 8.78 Å². The van der Waals surface area contributed by atoms with Gasteiger partial charge in [-0.15, -0.1) is 0 Å². The Hall–Kier alpha value is -1.90. The van der Waals surface area contributed by atoms with Crippen molar-refractivity contribution >= 4 is 0 Å². The number of rotatable bonds is 11. The third-order valence-corrected chi connectivity index (χ3v) is 6.46. The number of alkyl halides is 2. The smallest absolute Gasteiger partial charge is 0.241 e. The van der Waals surface area contributed by atoms with Gasteiger partial charge in [-0.2, -0.15) is 0 Å². The molecule has 3 rings (SSSR count). The number of unbranched alkanes of at least 4 members (excludes halogenated alkanes) is 5. The standard InChI is InChI=1S/C27H36F2O/c1-2-3-4-5-6-7-20-30-26-18-16-24(17-19-26)22-10-8-21(9-11-22)23-12-14-25(15-13-23)27(28)29/h8-11,16-19,23,25,27H,2-7,12-15,20H2,1H3. The van der Waals surface area contributed by atoms with E-state index in [4.69, 9.17) is 4.74 Å². The Morgan fingerprint density at radius 3 is 1.93 bits per heavy atom. The van der Waals surface area contributed by atoms with Gasteiger partial charge in [0.25, 0.3) is 0 Å². The number of benzene rings is 2. The minimum atomic E-state index is -2.16. The van der Waals surface area contributed by atoms with Crippen LogP contribution >= 0.6 is 0 Å². The Balaban J connectivity index is 1.45. The molecule has 3 heteroatoms. The van der Waals surface area contributed by atoms with E-state index < -0.39 is 12.3 Å². The fraction of sp³-hybridized carbons (Fsp3) is 0.556. The van der Waals surface area contributed by atoms with Gasteiger partial charge in [0, 0.05) is 5.92 Å². The molecule has 1 saturated carbocycles. The van der Waals surface area contributed by atoms with Gasteiger partial charge in [-0.25, -0.2) is 8.78 Å². The maximum atomic E-state index is 12.9. The van der Waals surface area contributed by atoms with E-state index in [0.717, 1.165) is 31.6 Å². The first kappa shape index (κ1) is 22.8. The Morgan fingerprint density at radius 2 is 1.33 bits per heavy atom. The number of ether oxygens (including phenoxy) is 1. The Morgan fingerprint density at radius 1 is 0.767 bits per heavy atom. The van der Waals surface area contributed by atoms with Crippen LogP contribution in [0.1, 0.15) is 82.6 Å². The highest BCUT2D eigenvalue weighted by molar-refractivity contribution is 5.64. The molecule has 0 heterocycles. The first-order valence-electron chi connectivity index (χ1n) is 11.8. The van der Waals surface area contributed by atoms with Gasteiger partial charge in [-0.05, 0) is 66.8 Å². The lowest BCUT2D eigenvalue weighted by Crippen LogP contribution is -2.19. The van der Waals surface area contributed by atoms with E-state index in [-0.39, 0.29) is 0 Å². The lowest BCUT2D eigenvalue weighted by molar-refractivity contribution is 0.0528. The molecular formula is C27H36F2O. The Bertz CT molecular complexity index is 716. The normalized spacial score (nSPS) is 19.2.